The van der Waals surface area contributed by atoms with Gasteiger partial charge in [-0.1, -0.05) is 12.1 Å². The van der Waals surface area contributed by atoms with E-state index >= 15 is 0 Å². The van der Waals surface area contributed by atoms with Gasteiger partial charge in [-0.3, -0.25) is 0 Å². The maximum Gasteiger partial charge on any atom is 0.154 e. The fraction of sp³-hybridized carbons (Fsp3) is 0.778. The van der Waals surface area contributed by atoms with E-state index in [-0.39, 0.29) is 0 Å². The number of halogens is 1. The third kappa shape index (κ3) is 2.99. The molecule has 1 atom stereocenters. The lowest BCUT2D eigenvalue weighted by Crippen LogP contribution is -2.30. The van der Waals surface area contributed by atoms with Gasteiger partial charge >= 0.3 is 0 Å². The lowest BCUT2D eigenvalue weighted by molar-refractivity contribution is 0.0390. The summed E-state index contributed by atoms with van der Waals surface area (Å²) < 4.78 is 2.20. The molecule has 1 heterocycles. The maximum atomic E-state index is 10.3. The predicted molar refractivity (Wildman–Crippen MR) is 61.4 cm³/mol. The molecule has 1 aromatic heterocycles. The van der Waals surface area contributed by atoms with Gasteiger partial charge in [0, 0.05) is 7.05 Å². The molecule has 0 spiro atoms. The molecule has 0 saturated heterocycles. The van der Waals surface area contributed by atoms with Crippen LogP contribution in [0.5, 0.6) is 0 Å². The number of aromatic nitrogens is 3. The van der Waals surface area contributed by atoms with Gasteiger partial charge in [-0.15, -0.1) is 5.10 Å². The van der Waals surface area contributed by atoms with E-state index in [1.54, 1.807) is 18.7 Å². The molecule has 0 bridgehead atoms. The van der Waals surface area contributed by atoms with Crippen molar-refractivity contribution >= 4 is 15.9 Å². The van der Waals surface area contributed by atoms with E-state index in [9.17, 15) is 5.11 Å². The van der Waals surface area contributed by atoms with E-state index < -0.39 is 5.60 Å². The second-order valence-electron chi connectivity index (χ2n) is 3.73. The highest BCUT2D eigenvalue weighted by atomic mass is 79.9. The molecular weight excluding hydrogens is 260 g/mol. The molecule has 0 radical (unpaired) electrons. The SMILES string of the molecule is CCNCCC(C)(O)c1c(Br)nnn1C. The van der Waals surface area contributed by atoms with Crippen molar-refractivity contribution in [1.29, 1.82) is 0 Å². The van der Waals surface area contributed by atoms with E-state index in [0.717, 1.165) is 13.1 Å². The van der Waals surface area contributed by atoms with Crippen LogP contribution in [-0.2, 0) is 12.6 Å². The first-order chi connectivity index (χ1) is 6.99. The standard InChI is InChI=1S/C9H17BrN4O/c1-4-11-6-5-9(2,15)7-8(10)12-13-14(7)3/h11,15H,4-6H2,1-3H3. The number of nitrogens with zero attached hydrogens (tertiary/aromatic N) is 3. The molecule has 15 heavy (non-hydrogen) atoms. The summed E-state index contributed by atoms with van der Waals surface area (Å²) in [6, 6.07) is 0. The second kappa shape index (κ2) is 5.05. The van der Waals surface area contributed by atoms with Gasteiger partial charge in [0.2, 0.25) is 0 Å². The minimum absolute atomic E-state index is 0.603. The van der Waals surface area contributed by atoms with Crippen molar-refractivity contribution in [2.45, 2.75) is 25.9 Å². The van der Waals surface area contributed by atoms with Gasteiger partial charge in [0.25, 0.3) is 0 Å². The number of nitrogens with one attached hydrogen (secondary N) is 1. The van der Waals surface area contributed by atoms with Gasteiger partial charge in [0.1, 0.15) is 11.3 Å². The van der Waals surface area contributed by atoms with Gasteiger partial charge < -0.3 is 10.4 Å². The average molecular weight is 277 g/mol. The summed E-state index contributed by atoms with van der Waals surface area (Å²) in [7, 11) is 1.77. The van der Waals surface area contributed by atoms with E-state index in [1.165, 1.54) is 0 Å². The van der Waals surface area contributed by atoms with Gasteiger partial charge in [0.15, 0.2) is 4.60 Å². The van der Waals surface area contributed by atoms with Crippen molar-refractivity contribution in [1.82, 2.24) is 20.3 Å². The summed E-state index contributed by atoms with van der Waals surface area (Å²) in [6.45, 7) is 5.48. The van der Waals surface area contributed by atoms with Crippen LogP contribution in [0.3, 0.4) is 0 Å². The van der Waals surface area contributed by atoms with Crippen LogP contribution in [0.4, 0.5) is 0 Å². The van der Waals surface area contributed by atoms with Crippen LogP contribution in [0, 0.1) is 0 Å². The Morgan fingerprint density at radius 3 is 2.73 bits per heavy atom. The summed E-state index contributed by atoms with van der Waals surface area (Å²) in [5.74, 6) is 0. The Morgan fingerprint density at radius 1 is 1.60 bits per heavy atom. The Balaban J connectivity index is 2.76. The molecule has 0 fully saturated rings. The lowest BCUT2D eigenvalue weighted by atomic mass is 9.98. The highest BCUT2D eigenvalue weighted by Crippen LogP contribution is 2.28. The van der Waals surface area contributed by atoms with E-state index in [2.05, 4.69) is 31.6 Å². The molecule has 0 saturated carbocycles. The van der Waals surface area contributed by atoms with Crippen LogP contribution >= 0.6 is 15.9 Å². The van der Waals surface area contributed by atoms with Gasteiger partial charge in [-0.2, -0.15) is 0 Å². The maximum absolute atomic E-state index is 10.3. The Morgan fingerprint density at radius 2 is 2.27 bits per heavy atom. The largest absolute Gasteiger partial charge is 0.384 e. The van der Waals surface area contributed by atoms with Gasteiger partial charge in [-0.25, -0.2) is 4.68 Å². The average Bonchev–Trinajstić information content (AvgIpc) is 2.46. The van der Waals surface area contributed by atoms with Crippen molar-refractivity contribution < 1.29 is 5.11 Å². The van der Waals surface area contributed by atoms with E-state index in [1.807, 2.05) is 6.92 Å². The summed E-state index contributed by atoms with van der Waals surface area (Å²) in [4.78, 5) is 0. The van der Waals surface area contributed by atoms with Gasteiger partial charge in [-0.05, 0) is 42.4 Å². The number of hydrogen-bond donors (Lipinski definition) is 2. The number of hydrogen-bond acceptors (Lipinski definition) is 4. The molecule has 1 rings (SSSR count). The van der Waals surface area contributed by atoms with Crippen molar-refractivity contribution in [2.24, 2.45) is 7.05 Å². The zero-order valence-corrected chi connectivity index (χ0v) is 10.9. The topological polar surface area (TPSA) is 63.0 Å². The molecule has 6 heteroatoms. The molecule has 0 aliphatic heterocycles. The molecule has 0 aliphatic rings. The molecule has 5 nitrogen and oxygen atoms in total. The molecule has 1 aromatic rings. The first-order valence-corrected chi connectivity index (χ1v) is 5.77. The first kappa shape index (κ1) is 12.6. The number of aliphatic hydroxyl groups is 1. The normalized spacial score (nSPS) is 15.3. The molecule has 0 amide bonds. The Hall–Kier alpha value is -0.460. The van der Waals surface area contributed by atoms with Crippen LogP contribution in [0.25, 0.3) is 0 Å². The monoisotopic (exact) mass is 276 g/mol. The minimum Gasteiger partial charge on any atom is -0.384 e. The Kier molecular flexibility index (Phi) is 4.24. The Bertz CT molecular complexity index is 304. The summed E-state index contributed by atoms with van der Waals surface area (Å²) in [6.07, 6.45) is 0.626. The third-order valence-corrected chi connectivity index (χ3v) is 2.87. The predicted octanol–water partition coefficient (Wildman–Crippen LogP) is 0.785. The Labute approximate surface area is 98.0 Å². The highest BCUT2D eigenvalue weighted by molar-refractivity contribution is 9.10. The molecule has 1 unspecified atom stereocenters. The van der Waals surface area contributed by atoms with Crippen LogP contribution < -0.4 is 5.32 Å². The fourth-order valence-corrected chi connectivity index (χ4v) is 2.28. The van der Waals surface area contributed by atoms with E-state index in [0.29, 0.717) is 16.7 Å². The van der Waals surface area contributed by atoms with Crippen molar-refractivity contribution in [3.05, 3.63) is 10.3 Å². The summed E-state index contributed by atoms with van der Waals surface area (Å²) in [5, 5.41) is 21.2. The first-order valence-electron chi connectivity index (χ1n) is 4.97. The van der Waals surface area contributed by atoms with Crippen LogP contribution in [0.1, 0.15) is 26.0 Å². The zero-order chi connectivity index (χ0) is 11.5. The molecular formula is C9H17BrN4O. The fourth-order valence-electron chi connectivity index (χ4n) is 1.53. The summed E-state index contributed by atoms with van der Waals surface area (Å²) >= 11 is 3.29. The van der Waals surface area contributed by atoms with Gasteiger partial charge in [0.05, 0.1) is 0 Å². The van der Waals surface area contributed by atoms with E-state index in [4.69, 9.17) is 0 Å². The molecule has 86 valence electrons. The highest BCUT2D eigenvalue weighted by Gasteiger charge is 2.29. The second-order valence-corrected chi connectivity index (χ2v) is 4.48. The molecule has 0 aliphatic carbocycles. The third-order valence-electron chi connectivity index (χ3n) is 2.33. The smallest absolute Gasteiger partial charge is 0.154 e. The van der Waals surface area contributed by atoms with Crippen molar-refractivity contribution in [3.63, 3.8) is 0 Å². The van der Waals surface area contributed by atoms with Crippen molar-refractivity contribution in [3.8, 4) is 0 Å². The minimum atomic E-state index is -0.917. The van der Waals surface area contributed by atoms with Crippen LogP contribution in [0.15, 0.2) is 4.60 Å². The van der Waals surface area contributed by atoms with Crippen LogP contribution in [0.2, 0.25) is 0 Å². The van der Waals surface area contributed by atoms with Crippen molar-refractivity contribution in [2.75, 3.05) is 13.1 Å². The lowest BCUT2D eigenvalue weighted by Gasteiger charge is -2.23. The molecule has 0 aromatic carbocycles. The molecule has 2 N–H and O–H groups in total. The summed E-state index contributed by atoms with van der Waals surface area (Å²) in [5.41, 5.74) is -0.209. The number of aryl methyl sites for hydroxylation is 1. The zero-order valence-electron chi connectivity index (χ0n) is 9.29. The quantitative estimate of drug-likeness (QED) is 0.781. The number of rotatable bonds is 5. The van der Waals surface area contributed by atoms with Crippen LogP contribution in [-0.4, -0.2) is 33.2 Å².